The average molecular weight is 608 g/mol. The number of anilines is 3. The van der Waals surface area contributed by atoms with Gasteiger partial charge in [0, 0.05) is 30.2 Å². The summed E-state index contributed by atoms with van der Waals surface area (Å²) >= 11 is 0. The molecule has 1 aliphatic carbocycles. The smallest absolute Gasteiger partial charge is 0.407 e. The van der Waals surface area contributed by atoms with Gasteiger partial charge in [0.25, 0.3) is 10.0 Å². The molecule has 0 aliphatic heterocycles. The summed E-state index contributed by atoms with van der Waals surface area (Å²) in [6, 6.07) is 13.1. The van der Waals surface area contributed by atoms with Gasteiger partial charge in [0.1, 0.15) is 11.4 Å². The van der Waals surface area contributed by atoms with Gasteiger partial charge >= 0.3 is 6.09 Å². The summed E-state index contributed by atoms with van der Waals surface area (Å²) in [4.78, 5) is 21.3. The summed E-state index contributed by atoms with van der Waals surface area (Å²) in [5, 5.41) is 11.5. The Morgan fingerprint density at radius 2 is 1.65 bits per heavy atom. The van der Waals surface area contributed by atoms with Crippen LogP contribution in [0.2, 0.25) is 0 Å². The van der Waals surface area contributed by atoms with Gasteiger partial charge in [-0.15, -0.1) is 0 Å². The van der Waals surface area contributed by atoms with Crippen LogP contribution in [-0.4, -0.2) is 53.0 Å². The van der Waals surface area contributed by atoms with E-state index >= 15 is 0 Å². The van der Waals surface area contributed by atoms with Crippen LogP contribution in [0, 0.1) is 5.92 Å². The van der Waals surface area contributed by atoms with Crippen LogP contribution < -0.4 is 20.1 Å². The molecule has 0 bridgehead atoms. The second kappa shape index (κ2) is 12.5. The molecule has 228 valence electrons. The van der Waals surface area contributed by atoms with E-state index in [1.165, 1.54) is 12.1 Å². The van der Waals surface area contributed by atoms with Crippen molar-refractivity contribution in [3.63, 3.8) is 0 Å². The topological polar surface area (TPSA) is 149 Å². The molecule has 0 spiro atoms. The summed E-state index contributed by atoms with van der Waals surface area (Å²) in [7, 11) is -2.22. The highest BCUT2D eigenvalue weighted by Crippen LogP contribution is 2.27. The van der Waals surface area contributed by atoms with Crippen LogP contribution in [-0.2, 0) is 21.3 Å². The van der Waals surface area contributed by atoms with E-state index in [-0.39, 0.29) is 17.0 Å². The zero-order chi connectivity index (χ0) is 30.6. The second-order valence-electron chi connectivity index (χ2n) is 11.6. The van der Waals surface area contributed by atoms with E-state index in [1.807, 2.05) is 25.5 Å². The molecule has 2 aromatic carbocycles. The van der Waals surface area contributed by atoms with Crippen molar-refractivity contribution in [2.45, 2.75) is 69.5 Å². The van der Waals surface area contributed by atoms with Gasteiger partial charge < -0.3 is 20.1 Å². The van der Waals surface area contributed by atoms with Crippen LogP contribution in [0.5, 0.6) is 5.75 Å². The zero-order valence-corrected chi connectivity index (χ0v) is 25.5. The number of methoxy groups -OCH3 is 1. The quantitative estimate of drug-likeness (QED) is 0.225. The Hall–Kier alpha value is -4.39. The standard InChI is InChI=1S/C30H37N7O5S/c1-30(2,3)42-29(38)34-23-7-5-20(6-8-23)19-37-27-21(18-32-37)17-31-28(35-27)33-22-11-15-26(16-12-22)43(39,40)36-24-9-13-25(41-4)14-10-24/h9-18,20,23,36H,5-8,19H2,1-4H3,(H,34,38)(H,31,33,35). The predicted molar refractivity (Wildman–Crippen MR) is 164 cm³/mol. The van der Waals surface area contributed by atoms with Crippen molar-refractivity contribution < 1.29 is 22.7 Å². The second-order valence-corrected chi connectivity index (χ2v) is 13.3. The molecule has 1 aliphatic rings. The van der Waals surface area contributed by atoms with Crippen molar-refractivity contribution in [3.05, 3.63) is 60.9 Å². The highest BCUT2D eigenvalue weighted by atomic mass is 32.2. The SMILES string of the molecule is COc1ccc(NS(=O)(=O)c2ccc(Nc3ncc4cnn(CC5CCC(NC(=O)OC(C)(C)C)CC5)c4n3)cc2)cc1. The lowest BCUT2D eigenvalue weighted by Gasteiger charge is -2.30. The third-order valence-electron chi connectivity index (χ3n) is 7.14. The first kappa shape index (κ1) is 30.1. The molecular weight excluding hydrogens is 570 g/mol. The van der Waals surface area contributed by atoms with Crippen LogP contribution in [0.25, 0.3) is 11.0 Å². The highest BCUT2D eigenvalue weighted by molar-refractivity contribution is 7.92. The number of carbonyl (C=O) groups is 1. The molecule has 3 N–H and O–H groups in total. The molecule has 0 radical (unpaired) electrons. The fourth-order valence-electron chi connectivity index (χ4n) is 4.99. The Kier molecular flexibility index (Phi) is 8.71. The summed E-state index contributed by atoms with van der Waals surface area (Å²) in [6.07, 6.45) is 6.78. The van der Waals surface area contributed by atoms with Crippen LogP contribution >= 0.6 is 0 Å². The molecule has 1 fully saturated rings. The maximum Gasteiger partial charge on any atom is 0.407 e. The number of nitrogens with one attached hydrogen (secondary N) is 3. The minimum absolute atomic E-state index is 0.109. The highest BCUT2D eigenvalue weighted by Gasteiger charge is 2.25. The molecule has 1 amide bonds. The number of fused-ring (bicyclic) bond motifs is 1. The zero-order valence-electron chi connectivity index (χ0n) is 24.7. The van der Waals surface area contributed by atoms with Crippen molar-refractivity contribution in [2.75, 3.05) is 17.1 Å². The number of hydrogen-bond donors (Lipinski definition) is 3. The van der Waals surface area contributed by atoms with Gasteiger partial charge in [-0.25, -0.2) is 22.9 Å². The molecule has 13 heteroatoms. The lowest BCUT2D eigenvalue weighted by Crippen LogP contribution is -2.41. The molecular formula is C30H37N7O5S. The Morgan fingerprint density at radius 3 is 2.30 bits per heavy atom. The lowest BCUT2D eigenvalue weighted by atomic mass is 9.86. The number of rotatable bonds is 9. The third-order valence-corrected chi connectivity index (χ3v) is 8.54. The number of benzene rings is 2. The van der Waals surface area contributed by atoms with Crippen molar-refractivity contribution in [3.8, 4) is 5.75 Å². The van der Waals surface area contributed by atoms with Crippen LogP contribution in [0.4, 0.5) is 22.1 Å². The molecule has 0 atom stereocenters. The lowest BCUT2D eigenvalue weighted by molar-refractivity contribution is 0.0486. The van der Waals surface area contributed by atoms with Gasteiger partial charge in [-0.1, -0.05) is 0 Å². The number of sulfonamides is 1. The summed E-state index contributed by atoms with van der Waals surface area (Å²) in [5.74, 6) is 1.43. The van der Waals surface area contributed by atoms with Crippen LogP contribution in [0.1, 0.15) is 46.5 Å². The molecule has 4 aromatic rings. The van der Waals surface area contributed by atoms with E-state index in [0.717, 1.165) is 36.7 Å². The molecule has 0 unspecified atom stereocenters. The number of alkyl carbamates (subject to hydrolysis) is 1. The number of amides is 1. The number of ether oxygens (including phenoxy) is 2. The fourth-order valence-corrected chi connectivity index (χ4v) is 6.05. The van der Waals surface area contributed by atoms with Gasteiger partial charge in [-0.3, -0.25) is 4.72 Å². The summed E-state index contributed by atoms with van der Waals surface area (Å²) in [6.45, 7) is 6.28. The minimum Gasteiger partial charge on any atom is -0.497 e. The van der Waals surface area contributed by atoms with E-state index in [9.17, 15) is 13.2 Å². The van der Waals surface area contributed by atoms with Crippen LogP contribution in [0.15, 0.2) is 65.8 Å². The molecule has 2 heterocycles. The molecule has 2 aromatic heterocycles. The van der Waals surface area contributed by atoms with Crippen molar-refractivity contribution in [1.82, 2.24) is 25.1 Å². The molecule has 1 saturated carbocycles. The monoisotopic (exact) mass is 607 g/mol. The molecule has 5 rings (SSSR count). The number of nitrogens with zero attached hydrogens (tertiary/aromatic N) is 4. The number of carbonyl (C=O) groups excluding carboxylic acids is 1. The van der Waals surface area contributed by atoms with Crippen molar-refractivity contribution in [1.29, 1.82) is 0 Å². The Bertz CT molecular complexity index is 1660. The van der Waals surface area contributed by atoms with Crippen LogP contribution in [0.3, 0.4) is 0 Å². The van der Waals surface area contributed by atoms with E-state index in [4.69, 9.17) is 9.47 Å². The first-order valence-electron chi connectivity index (χ1n) is 14.2. The Morgan fingerprint density at radius 1 is 0.977 bits per heavy atom. The minimum atomic E-state index is -3.77. The Balaban J connectivity index is 1.18. The van der Waals surface area contributed by atoms with E-state index in [0.29, 0.717) is 35.5 Å². The van der Waals surface area contributed by atoms with Crippen molar-refractivity contribution >= 4 is 44.5 Å². The van der Waals surface area contributed by atoms with Crippen molar-refractivity contribution in [2.24, 2.45) is 5.92 Å². The van der Waals surface area contributed by atoms with Gasteiger partial charge in [-0.2, -0.15) is 10.1 Å². The van der Waals surface area contributed by atoms with E-state index in [2.05, 4.69) is 30.4 Å². The largest absolute Gasteiger partial charge is 0.497 e. The normalized spacial score (nSPS) is 17.3. The Labute approximate surface area is 251 Å². The fraction of sp³-hybridized carbons (Fsp3) is 0.400. The maximum absolute atomic E-state index is 12.8. The van der Waals surface area contributed by atoms with Gasteiger partial charge in [0.15, 0.2) is 5.65 Å². The maximum atomic E-state index is 12.8. The number of hydrogen-bond acceptors (Lipinski definition) is 9. The molecule has 12 nitrogen and oxygen atoms in total. The third kappa shape index (κ3) is 7.92. The predicted octanol–water partition coefficient (Wildman–Crippen LogP) is 5.46. The summed E-state index contributed by atoms with van der Waals surface area (Å²) < 4.78 is 40.6. The summed E-state index contributed by atoms with van der Waals surface area (Å²) in [5.41, 5.74) is 1.28. The van der Waals surface area contributed by atoms with E-state index in [1.54, 1.807) is 55.9 Å². The first-order valence-corrected chi connectivity index (χ1v) is 15.7. The average Bonchev–Trinajstić information content (AvgIpc) is 3.35. The van der Waals surface area contributed by atoms with E-state index < -0.39 is 15.6 Å². The number of aromatic nitrogens is 4. The molecule has 0 saturated heterocycles. The molecule has 43 heavy (non-hydrogen) atoms. The first-order chi connectivity index (χ1) is 20.5. The van der Waals surface area contributed by atoms with Gasteiger partial charge in [0.05, 0.1) is 23.6 Å². The van der Waals surface area contributed by atoms with Gasteiger partial charge in [0.2, 0.25) is 5.95 Å². The van der Waals surface area contributed by atoms with Gasteiger partial charge in [-0.05, 0) is 101 Å².